The van der Waals surface area contributed by atoms with E-state index < -0.39 is 64.6 Å². The number of ether oxygens (including phenoxy) is 3. The number of fused-ring (bicyclic) bond motifs is 2. The van der Waals surface area contributed by atoms with Crippen LogP contribution in [0.3, 0.4) is 0 Å². The van der Waals surface area contributed by atoms with Gasteiger partial charge in [-0.15, -0.1) is 11.8 Å². The summed E-state index contributed by atoms with van der Waals surface area (Å²) in [6, 6.07) is 11.1. The molecular formula is C38H39BClN8O11S2+. The molecule has 3 aromatic heterocycles. The zero-order chi connectivity index (χ0) is 44.2. The number of oxime groups is 1. The molecule has 23 heteroatoms. The number of halogens is 1. The number of amides is 4. The number of primary amides is 1. The molecule has 19 nitrogen and oxygen atoms in total. The molecule has 61 heavy (non-hydrogen) atoms. The number of nitrogens with zero attached hydrogens (tertiary/aromatic N) is 5. The number of methoxy groups -OCH3 is 1. The van der Waals surface area contributed by atoms with Crippen molar-refractivity contribution in [1.82, 2.24) is 19.8 Å². The van der Waals surface area contributed by atoms with Crippen LogP contribution in [-0.4, -0.2) is 99.9 Å². The van der Waals surface area contributed by atoms with Crippen molar-refractivity contribution in [2.45, 2.75) is 70.5 Å². The minimum absolute atomic E-state index is 0.000540. The average molecular weight is 894 g/mol. The van der Waals surface area contributed by atoms with E-state index in [-0.39, 0.29) is 46.3 Å². The van der Waals surface area contributed by atoms with Crippen LogP contribution in [0.15, 0.2) is 71.3 Å². The Kier molecular flexibility index (Phi) is 13.6. The van der Waals surface area contributed by atoms with Crippen molar-refractivity contribution in [3.05, 3.63) is 81.7 Å². The fraction of sp³-hybridized carbons (Fsp3) is 0.342. The Hall–Kier alpha value is -6.13. The third-order valence-corrected chi connectivity index (χ3v) is 11.4. The van der Waals surface area contributed by atoms with Gasteiger partial charge in [0.25, 0.3) is 11.8 Å². The standard InChI is InChI=1S/C38H38BClN8O11S2/c1-19(34(52)58-39)59-45-27(26-30(40)61-36(43-26)44-37(54)57-38(2,3)4)31(50)42-28-32(51)48-29(35(53)56-17-20-8-10-22(55-5)11-9-20)21(18-60-33(28)48)15-46-13-6-7-23-24(46)12-14-47(23)16-25(41)49/h6-14,19,28,33H,15-18H2,1-5H3,(H3-,41,42,43,44,49,50,54)/p+1/t19-,28?,33?/m0/s1. The molecular weight excluding hydrogens is 855 g/mol. The smallest absolute Gasteiger partial charge is 0.413 e. The third kappa shape index (κ3) is 10.3. The minimum atomic E-state index is -1.39. The van der Waals surface area contributed by atoms with Crippen molar-refractivity contribution in [3.63, 3.8) is 0 Å². The molecule has 2 radical (unpaired) electrons. The van der Waals surface area contributed by atoms with E-state index in [2.05, 4.69) is 25.4 Å². The largest absolute Gasteiger partial charge is 0.541 e. The van der Waals surface area contributed by atoms with Crippen LogP contribution in [-0.2, 0) is 62.6 Å². The van der Waals surface area contributed by atoms with E-state index in [0.29, 0.717) is 16.9 Å². The fourth-order valence-electron chi connectivity index (χ4n) is 6.16. The van der Waals surface area contributed by atoms with Gasteiger partial charge in [-0.3, -0.25) is 24.6 Å². The second kappa shape index (κ2) is 18.6. The van der Waals surface area contributed by atoms with E-state index >= 15 is 0 Å². The maximum atomic E-state index is 14.1. The van der Waals surface area contributed by atoms with Gasteiger partial charge in [-0.2, -0.15) is 4.57 Å². The Bertz CT molecular complexity index is 2450. The SMILES string of the molecule is [B]OC(=O)[C@H](C)ON=C(C(=O)NC1C(=O)N2C(C(=O)OCc3ccc(OC)cc3)=C(C[n+]3cccc4c3ccn4CC(N)=O)CSC12)c1nc(NC(=O)OC(C)(C)C)sc1Cl. The molecule has 6 rings (SSSR count). The average Bonchev–Trinajstić information content (AvgIpc) is 3.79. The quantitative estimate of drug-likeness (QED) is 0.0390. The first-order valence-electron chi connectivity index (χ1n) is 18.3. The number of carbonyl (C=O) groups is 6. The van der Waals surface area contributed by atoms with Crippen molar-refractivity contribution in [2.24, 2.45) is 10.9 Å². The molecule has 0 spiro atoms. The molecule has 0 bridgehead atoms. The summed E-state index contributed by atoms with van der Waals surface area (Å²) in [6.07, 6.45) is 1.29. The maximum Gasteiger partial charge on any atom is 0.413 e. The van der Waals surface area contributed by atoms with E-state index in [1.807, 2.05) is 16.7 Å². The van der Waals surface area contributed by atoms with Crippen LogP contribution in [0.4, 0.5) is 9.93 Å². The summed E-state index contributed by atoms with van der Waals surface area (Å²) in [5.74, 6) is -3.10. The van der Waals surface area contributed by atoms with Crippen molar-refractivity contribution < 1.29 is 57.0 Å². The summed E-state index contributed by atoms with van der Waals surface area (Å²) in [4.78, 5) is 89.1. The molecule has 1 aromatic carbocycles. The molecule has 1 fully saturated rings. The molecule has 4 amide bonds. The van der Waals surface area contributed by atoms with Gasteiger partial charge < -0.3 is 39.3 Å². The van der Waals surface area contributed by atoms with E-state index in [0.717, 1.165) is 22.4 Å². The van der Waals surface area contributed by atoms with Crippen LogP contribution in [0.5, 0.6) is 5.75 Å². The van der Waals surface area contributed by atoms with Gasteiger partial charge in [0, 0.05) is 29.7 Å². The highest BCUT2D eigenvalue weighted by Crippen LogP contribution is 2.41. The van der Waals surface area contributed by atoms with Gasteiger partial charge in [0.15, 0.2) is 23.6 Å². The summed E-state index contributed by atoms with van der Waals surface area (Å²) in [6.45, 7) is 6.25. The van der Waals surface area contributed by atoms with Crippen molar-refractivity contribution in [2.75, 3.05) is 18.2 Å². The molecule has 2 aliphatic rings. The van der Waals surface area contributed by atoms with Gasteiger partial charge >= 0.3 is 26.1 Å². The highest BCUT2D eigenvalue weighted by atomic mass is 35.5. The van der Waals surface area contributed by atoms with Crippen LogP contribution in [0, 0.1) is 0 Å². The van der Waals surface area contributed by atoms with Gasteiger partial charge in [-0.25, -0.2) is 19.4 Å². The number of hydrogen-bond donors (Lipinski definition) is 3. The number of nitrogens with one attached hydrogen (secondary N) is 2. The number of hydrogen-bond acceptors (Lipinski definition) is 15. The normalized spacial score (nSPS) is 16.9. The first kappa shape index (κ1) is 44.4. The summed E-state index contributed by atoms with van der Waals surface area (Å²) in [5.41, 5.74) is 6.48. The minimum Gasteiger partial charge on any atom is -0.541 e. The van der Waals surface area contributed by atoms with Gasteiger partial charge in [-0.1, -0.05) is 40.2 Å². The number of carbonyl (C=O) groups excluding carboxylic acids is 6. The Morgan fingerprint density at radius 2 is 1.89 bits per heavy atom. The van der Waals surface area contributed by atoms with Crippen LogP contribution in [0.25, 0.3) is 11.0 Å². The van der Waals surface area contributed by atoms with E-state index in [1.165, 1.54) is 30.7 Å². The predicted molar refractivity (Wildman–Crippen MR) is 222 cm³/mol. The van der Waals surface area contributed by atoms with Gasteiger partial charge in [0.05, 0.1) is 7.11 Å². The third-order valence-electron chi connectivity index (χ3n) is 8.94. The molecule has 5 heterocycles. The molecule has 2 aliphatic heterocycles. The lowest BCUT2D eigenvalue weighted by atomic mass is 10.0. The number of β-lactam (4-membered cyclic amide) rings is 1. The van der Waals surface area contributed by atoms with Crippen molar-refractivity contribution in [1.29, 1.82) is 0 Å². The van der Waals surface area contributed by atoms with E-state index in [1.54, 1.807) is 68.1 Å². The monoisotopic (exact) mass is 893 g/mol. The first-order valence-corrected chi connectivity index (χ1v) is 20.6. The molecule has 1 saturated heterocycles. The molecule has 4 N–H and O–H groups in total. The molecule has 3 atom stereocenters. The maximum absolute atomic E-state index is 14.1. The number of anilines is 1. The predicted octanol–water partition coefficient (Wildman–Crippen LogP) is 2.71. The van der Waals surface area contributed by atoms with E-state index in [4.69, 9.17) is 44.4 Å². The summed E-state index contributed by atoms with van der Waals surface area (Å²) in [7, 11) is 6.51. The highest BCUT2D eigenvalue weighted by molar-refractivity contribution is 8.00. The van der Waals surface area contributed by atoms with Crippen LogP contribution >= 0.6 is 34.7 Å². The molecule has 0 saturated carbocycles. The molecule has 4 aromatic rings. The zero-order valence-corrected chi connectivity index (χ0v) is 35.7. The number of aromatic nitrogens is 3. The fourth-order valence-corrected chi connectivity index (χ4v) is 8.53. The number of esters is 1. The van der Waals surface area contributed by atoms with Crippen molar-refractivity contribution in [3.8, 4) is 5.75 Å². The van der Waals surface area contributed by atoms with Crippen LogP contribution in [0.2, 0.25) is 4.34 Å². The van der Waals surface area contributed by atoms with Crippen molar-refractivity contribution >= 4 is 100 Å². The molecule has 2 unspecified atom stereocenters. The lowest BCUT2D eigenvalue weighted by Crippen LogP contribution is -2.71. The molecule has 318 valence electrons. The summed E-state index contributed by atoms with van der Waals surface area (Å²) in [5, 5.41) is 8.06. The van der Waals surface area contributed by atoms with E-state index in [9.17, 15) is 28.8 Å². The zero-order valence-electron chi connectivity index (χ0n) is 33.3. The number of thioether (sulfide) groups is 1. The Morgan fingerprint density at radius 1 is 1.15 bits per heavy atom. The number of nitrogens with two attached hydrogens (primary N) is 1. The van der Waals surface area contributed by atoms with Gasteiger partial charge in [0.1, 0.15) is 57.2 Å². The number of benzene rings is 1. The number of thiazole rings is 1. The van der Waals surface area contributed by atoms with Gasteiger partial charge in [-0.05, 0) is 51.5 Å². The Labute approximate surface area is 362 Å². The Morgan fingerprint density at radius 3 is 2.56 bits per heavy atom. The topological polar surface area (TPSA) is 236 Å². The lowest BCUT2D eigenvalue weighted by Gasteiger charge is -2.49. The Balaban J connectivity index is 1.28. The van der Waals surface area contributed by atoms with Gasteiger partial charge in [0.2, 0.25) is 17.5 Å². The first-order chi connectivity index (χ1) is 29.0. The van der Waals surface area contributed by atoms with Crippen LogP contribution < -0.4 is 25.7 Å². The second-order valence-corrected chi connectivity index (χ2v) is 17.2. The summed E-state index contributed by atoms with van der Waals surface area (Å²) >= 11 is 8.55. The number of pyridine rings is 1. The summed E-state index contributed by atoms with van der Waals surface area (Å²) < 4.78 is 23.9. The lowest BCUT2D eigenvalue weighted by molar-refractivity contribution is -0.663. The second-order valence-electron chi connectivity index (χ2n) is 14.4. The molecule has 0 aliphatic carbocycles. The van der Waals surface area contributed by atoms with Crippen LogP contribution in [0.1, 0.15) is 39.0 Å². The highest BCUT2D eigenvalue weighted by Gasteiger charge is 2.55. The number of rotatable bonds is 15.